The van der Waals surface area contributed by atoms with E-state index in [0.717, 1.165) is 30.4 Å². The SMILES string of the molecule is CCCCSC(=S)SC(CC(=O)O)C(=O)O. The van der Waals surface area contributed by atoms with E-state index in [4.69, 9.17) is 22.4 Å². The first-order valence-corrected chi connectivity index (χ1v) is 7.02. The molecular weight excluding hydrogens is 268 g/mol. The third kappa shape index (κ3) is 7.95. The maximum Gasteiger partial charge on any atom is 0.317 e. The van der Waals surface area contributed by atoms with Crippen LogP contribution in [-0.2, 0) is 9.59 Å². The van der Waals surface area contributed by atoms with Gasteiger partial charge in [-0.3, -0.25) is 9.59 Å². The molecule has 0 saturated heterocycles. The molecule has 92 valence electrons. The number of thioether (sulfide) groups is 2. The van der Waals surface area contributed by atoms with E-state index in [1.54, 1.807) is 0 Å². The van der Waals surface area contributed by atoms with Gasteiger partial charge in [-0.15, -0.1) is 11.8 Å². The number of hydrogen-bond donors (Lipinski definition) is 2. The lowest BCUT2D eigenvalue weighted by Gasteiger charge is -2.09. The van der Waals surface area contributed by atoms with Crippen molar-refractivity contribution < 1.29 is 19.8 Å². The number of carbonyl (C=O) groups is 2. The number of carboxylic acid groups (broad SMARTS) is 2. The number of unbranched alkanes of at least 4 members (excludes halogenated alkanes) is 1. The normalized spacial score (nSPS) is 12.1. The molecule has 0 aromatic heterocycles. The molecule has 2 N–H and O–H groups in total. The minimum Gasteiger partial charge on any atom is -0.481 e. The van der Waals surface area contributed by atoms with Crippen molar-refractivity contribution >= 4 is 51.2 Å². The average molecular weight is 282 g/mol. The Morgan fingerprint density at radius 1 is 1.38 bits per heavy atom. The lowest BCUT2D eigenvalue weighted by molar-refractivity contribution is -0.142. The molecule has 0 aliphatic heterocycles. The summed E-state index contributed by atoms with van der Waals surface area (Å²) in [6, 6.07) is 0. The fourth-order valence-corrected chi connectivity index (χ4v) is 3.42. The summed E-state index contributed by atoms with van der Waals surface area (Å²) in [5.41, 5.74) is 0. The van der Waals surface area contributed by atoms with E-state index < -0.39 is 23.6 Å². The van der Waals surface area contributed by atoms with Gasteiger partial charge in [0.1, 0.15) is 8.78 Å². The number of carboxylic acids is 2. The van der Waals surface area contributed by atoms with E-state index in [-0.39, 0.29) is 0 Å². The summed E-state index contributed by atoms with van der Waals surface area (Å²) in [4.78, 5) is 21.2. The molecular formula is C9H14O4S3. The van der Waals surface area contributed by atoms with Gasteiger partial charge in [0.2, 0.25) is 0 Å². The largest absolute Gasteiger partial charge is 0.481 e. The first-order valence-electron chi connectivity index (χ1n) is 4.75. The van der Waals surface area contributed by atoms with Gasteiger partial charge in [0.05, 0.1) is 6.42 Å². The van der Waals surface area contributed by atoms with Crippen LogP contribution in [-0.4, -0.2) is 36.7 Å². The topological polar surface area (TPSA) is 74.6 Å². The molecule has 4 nitrogen and oxygen atoms in total. The molecule has 0 aromatic carbocycles. The van der Waals surface area contributed by atoms with Gasteiger partial charge < -0.3 is 10.2 Å². The van der Waals surface area contributed by atoms with E-state index in [0.29, 0.717) is 3.53 Å². The number of rotatable bonds is 7. The first-order chi connectivity index (χ1) is 7.47. The molecule has 0 fully saturated rings. The molecule has 0 amide bonds. The molecule has 16 heavy (non-hydrogen) atoms. The molecule has 0 bridgehead atoms. The second-order valence-electron chi connectivity index (χ2n) is 2.99. The van der Waals surface area contributed by atoms with Crippen molar-refractivity contribution in [1.29, 1.82) is 0 Å². The number of thiocarbonyl (C=S) groups is 1. The summed E-state index contributed by atoms with van der Waals surface area (Å²) < 4.78 is 0.502. The minimum atomic E-state index is -1.13. The second-order valence-corrected chi connectivity index (χ2v) is 6.50. The maximum atomic E-state index is 10.7. The fourth-order valence-electron chi connectivity index (χ4n) is 0.788. The molecule has 0 spiro atoms. The van der Waals surface area contributed by atoms with Gasteiger partial charge in [0, 0.05) is 0 Å². The van der Waals surface area contributed by atoms with Gasteiger partial charge in [0.15, 0.2) is 0 Å². The zero-order valence-electron chi connectivity index (χ0n) is 8.84. The zero-order chi connectivity index (χ0) is 12.6. The van der Waals surface area contributed by atoms with Gasteiger partial charge in [-0.05, 0) is 12.2 Å². The molecule has 0 heterocycles. The Bertz CT molecular complexity index is 267. The Morgan fingerprint density at radius 2 is 2.00 bits per heavy atom. The lowest BCUT2D eigenvalue weighted by atomic mass is 10.3. The van der Waals surface area contributed by atoms with Crippen LogP contribution < -0.4 is 0 Å². The van der Waals surface area contributed by atoms with E-state index in [9.17, 15) is 9.59 Å². The van der Waals surface area contributed by atoms with Crippen LogP contribution in [0.5, 0.6) is 0 Å². The molecule has 0 aromatic rings. The predicted octanol–water partition coefficient (Wildman–Crippen LogP) is 2.47. The van der Waals surface area contributed by atoms with Crippen molar-refractivity contribution in [3.8, 4) is 0 Å². The molecule has 0 rings (SSSR count). The molecule has 0 aliphatic rings. The van der Waals surface area contributed by atoms with Crippen LogP contribution in [0.3, 0.4) is 0 Å². The van der Waals surface area contributed by atoms with Crippen molar-refractivity contribution in [2.45, 2.75) is 31.4 Å². The summed E-state index contributed by atoms with van der Waals surface area (Å²) in [5, 5.41) is 16.3. The second kappa shape index (κ2) is 8.83. The van der Waals surface area contributed by atoms with Crippen LogP contribution in [0.1, 0.15) is 26.2 Å². The summed E-state index contributed by atoms with van der Waals surface area (Å²) in [7, 11) is 0. The van der Waals surface area contributed by atoms with Crippen LogP contribution >= 0.6 is 35.7 Å². The standard InChI is InChI=1S/C9H14O4S3/c1-2-3-4-15-9(14)16-6(8(12)13)5-7(10)11/h6H,2-5H2,1H3,(H,10,11)(H,12,13). The zero-order valence-corrected chi connectivity index (χ0v) is 11.3. The van der Waals surface area contributed by atoms with Gasteiger partial charge in [-0.1, -0.05) is 37.3 Å². The Balaban J connectivity index is 4.03. The summed E-state index contributed by atoms with van der Waals surface area (Å²) in [6.07, 6.45) is 1.66. The van der Waals surface area contributed by atoms with E-state index in [1.165, 1.54) is 11.8 Å². The molecule has 0 saturated carbocycles. The Labute approximate surface area is 108 Å². The highest BCUT2D eigenvalue weighted by atomic mass is 32.2. The van der Waals surface area contributed by atoms with E-state index >= 15 is 0 Å². The summed E-state index contributed by atoms with van der Waals surface area (Å²) in [6.45, 7) is 2.06. The Kier molecular flexibility index (Phi) is 8.68. The quantitative estimate of drug-likeness (QED) is 0.549. The smallest absolute Gasteiger partial charge is 0.317 e. The van der Waals surface area contributed by atoms with Crippen molar-refractivity contribution in [2.24, 2.45) is 0 Å². The van der Waals surface area contributed by atoms with E-state index in [1.807, 2.05) is 0 Å². The van der Waals surface area contributed by atoms with Gasteiger partial charge in [-0.2, -0.15) is 0 Å². The average Bonchev–Trinajstić information content (AvgIpc) is 2.16. The highest BCUT2D eigenvalue weighted by molar-refractivity contribution is 8.47. The highest BCUT2D eigenvalue weighted by Crippen LogP contribution is 2.25. The summed E-state index contributed by atoms with van der Waals surface area (Å²) >= 11 is 7.34. The first kappa shape index (κ1) is 15.7. The third-order valence-electron chi connectivity index (χ3n) is 1.59. The van der Waals surface area contributed by atoms with Gasteiger partial charge >= 0.3 is 11.9 Å². The predicted molar refractivity (Wildman–Crippen MR) is 71.2 cm³/mol. The van der Waals surface area contributed by atoms with Crippen molar-refractivity contribution in [3.05, 3.63) is 0 Å². The monoisotopic (exact) mass is 282 g/mol. The molecule has 0 radical (unpaired) electrons. The maximum absolute atomic E-state index is 10.7. The molecule has 0 aliphatic carbocycles. The van der Waals surface area contributed by atoms with Crippen LogP contribution in [0.2, 0.25) is 0 Å². The minimum absolute atomic E-state index is 0.408. The van der Waals surface area contributed by atoms with Crippen LogP contribution in [0.4, 0.5) is 0 Å². The van der Waals surface area contributed by atoms with Crippen molar-refractivity contribution in [2.75, 3.05) is 5.75 Å². The molecule has 1 atom stereocenters. The third-order valence-corrected chi connectivity index (χ3v) is 4.45. The van der Waals surface area contributed by atoms with Crippen molar-refractivity contribution in [3.63, 3.8) is 0 Å². The Morgan fingerprint density at radius 3 is 2.44 bits per heavy atom. The van der Waals surface area contributed by atoms with Gasteiger partial charge in [-0.25, -0.2) is 0 Å². The van der Waals surface area contributed by atoms with Gasteiger partial charge in [0.25, 0.3) is 0 Å². The van der Waals surface area contributed by atoms with Crippen LogP contribution in [0, 0.1) is 0 Å². The number of hydrogen-bond acceptors (Lipinski definition) is 5. The number of aliphatic carboxylic acids is 2. The Hall–Kier alpha value is -0.270. The van der Waals surface area contributed by atoms with Crippen LogP contribution in [0.25, 0.3) is 0 Å². The van der Waals surface area contributed by atoms with Crippen molar-refractivity contribution in [1.82, 2.24) is 0 Å². The fraction of sp³-hybridized carbons (Fsp3) is 0.667. The summed E-state index contributed by atoms with van der Waals surface area (Å²) in [5.74, 6) is -1.41. The molecule has 1 unspecified atom stereocenters. The van der Waals surface area contributed by atoms with E-state index in [2.05, 4.69) is 6.92 Å². The molecule has 7 heteroatoms. The van der Waals surface area contributed by atoms with Crippen LogP contribution in [0.15, 0.2) is 0 Å². The lowest BCUT2D eigenvalue weighted by Crippen LogP contribution is -2.21. The highest BCUT2D eigenvalue weighted by Gasteiger charge is 2.23.